The van der Waals surface area contributed by atoms with E-state index in [2.05, 4.69) is 11.3 Å². The summed E-state index contributed by atoms with van der Waals surface area (Å²) in [6.07, 6.45) is 5.49. The van der Waals surface area contributed by atoms with Crippen LogP contribution < -0.4 is 16.0 Å². The Hall–Kier alpha value is -1.57. The lowest BCUT2D eigenvalue weighted by atomic mass is 10.0. The molecule has 1 atom stereocenters. The van der Waals surface area contributed by atoms with Crippen molar-refractivity contribution in [3.05, 3.63) is 29.6 Å². The number of halogens is 1. The molecular weight excluding hydrogens is 195 g/mol. The number of hydrogen-bond donors (Lipinski definition) is 2. The fourth-order valence-electron chi connectivity index (χ4n) is 1.29. The standard InChI is InChI=1S/C11H13FN2O/c1-3-4-11(14-13)9-6-5-8(15-2)7-10(9)12/h1,5-7,11,14H,4,13H2,2H3. The molecule has 0 aliphatic rings. The number of ether oxygens (including phenoxy) is 1. The van der Waals surface area contributed by atoms with Crippen LogP contribution in [0.25, 0.3) is 0 Å². The number of terminal acetylenes is 1. The number of methoxy groups -OCH3 is 1. The largest absolute Gasteiger partial charge is 0.497 e. The Bertz CT molecular complexity index is 373. The lowest BCUT2D eigenvalue weighted by Crippen LogP contribution is -2.28. The summed E-state index contributed by atoms with van der Waals surface area (Å²) in [6.45, 7) is 0. The van der Waals surface area contributed by atoms with Gasteiger partial charge in [-0.25, -0.2) is 4.39 Å². The first-order valence-corrected chi connectivity index (χ1v) is 4.46. The number of rotatable bonds is 4. The summed E-state index contributed by atoms with van der Waals surface area (Å²) >= 11 is 0. The van der Waals surface area contributed by atoms with E-state index in [1.165, 1.54) is 13.2 Å². The summed E-state index contributed by atoms with van der Waals surface area (Å²) in [5.74, 6) is 7.80. The van der Waals surface area contributed by atoms with Crippen LogP contribution in [0.15, 0.2) is 18.2 Å². The smallest absolute Gasteiger partial charge is 0.131 e. The molecule has 0 bridgehead atoms. The molecule has 1 rings (SSSR count). The van der Waals surface area contributed by atoms with Gasteiger partial charge in [0.05, 0.1) is 13.2 Å². The second kappa shape index (κ2) is 5.35. The first-order chi connectivity index (χ1) is 7.22. The second-order valence-electron chi connectivity index (χ2n) is 3.01. The van der Waals surface area contributed by atoms with Gasteiger partial charge in [0.15, 0.2) is 0 Å². The topological polar surface area (TPSA) is 47.3 Å². The molecule has 1 aromatic carbocycles. The Morgan fingerprint density at radius 2 is 2.40 bits per heavy atom. The van der Waals surface area contributed by atoms with Gasteiger partial charge in [0.2, 0.25) is 0 Å². The van der Waals surface area contributed by atoms with Crippen molar-refractivity contribution in [2.45, 2.75) is 12.5 Å². The predicted molar refractivity (Wildman–Crippen MR) is 56.5 cm³/mol. The van der Waals surface area contributed by atoms with Crippen LogP contribution >= 0.6 is 0 Å². The summed E-state index contributed by atoms with van der Waals surface area (Å²) in [6, 6.07) is 4.20. The van der Waals surface area contributed by atoms with Gasteiger partial charge in [0, 0.05) is 18.1 Å². The highest BCUT2D eigenvalue weighted by molar-refractivity contribution is 5.31. The van der Waals surface area contributed by atoms with Crippen molar-refractivity contribution in [3.8, 4) is 18.1 Å². The summed E-state index contributed by atoms with van der Waals surface area (Å²) in [7, 11) is 1.48. The van der Waals surface area contributed by atoms with Crippen LogP contribution in [0.5, 0.6) is 5.75 Å². The second-order valence-corrected chi connectivity index (χ2v) is 3.01. The molecule has 0 radical (unpaired) electrons. The first kappa shape index (κ1) is 11.5. The molecular formula is C11H13FN2O. The zero-order chi connectivity index (χ0) is 11.3. The molecule has 15 heavy (non-hydrogen) atoms. The maximum absolute atomic E-state index is 13.6. The highest BCUT2D eigenvalue weighted by atomic mass is 19.1. The van der Waals surface area contributed by atoms with Crippen molar-refractivity contribution in [1.82, 2.24) is 5.43 Å². The summed E-state index contributed by atoms with van der Waals surface area (Å²) in [4.78, 5) is 0. The van der Waals surface area contributed by atoms with E-state index in [9.17, 15) is 4.39 Å². The van der Waals surface area contributed by atoms with Crippen molar-refractivity contribution in [2.75, 3.05) is 7.11 Å². The van der Waals surface area contributed by atoms with Crippen LogP contribution in [0.4, 0.5) is 4.39 Å². The maximum atomic E-state index is 13.6. The van der Waals surface area contributed by atoms with Gasteiger partial charge < -0.3 is 4.74 Å². The van der Waals surface area contributed by atoms with Crippen molar-refractivity contribution in [2.24, 2.45) is 5.84 Å². The van der Waals surface area contributed by atoms with Gasteiger partial charge in [-0.15, -0.1) is 12.3 Å². The lowest BCUT2D eigenvalue weighted by Gasteiger charge is -2.14. The van der Waals surface area contributed by atoms with Gasteiger partial charge in [-0.2, -0.15) is 0 Å². The van der Waals surface area contributed by atoms with E-state index in [1.54, 1.807) is 12.1 Å². The molecule has 0 spiro atoms. The molecule has 3 nitrogen and oxygen atoms in total. The molecule has 0 aliphatic carbocycles. The fraction of sp³-hybridized carbons (Fsp3) is 0.273. The molecule has 4 heteroatoms. The van der Waals surface area contributed by atoms with Crippen LogP contribution in [0.1, 0.15) is 18.0 Å². The number of benzene rings is 1. The average Bonchev–Trinajstić information content (AvgIpc) is 2.26. The normalized spacial score (nSPS) is 11.9. The van der Waals surface area contributed by atoms with Crippen molar-refractivity contribution in [3.63, 3.8) is 0 Å². The molecule has 0 aliphatic heterocycles. The van der Waals surface area contributed by atoms with Crippen LogP contribution in [0, 0.1) is 18.2 Å². The minimum atomic E-state index is -0.382. The average molecular weight is 208 g/mol. The number of hydrazine groups is 1. The van der Waals surface area contributed by atoms with Gasteiger partial charge in [-0.3, -0.25) is 11.3 Å². The molecule has 1 unspecified atom stereocenters. The summed E-state index contributed by atoms with van der Waals surface area (Å²) in [5, 5.41) is 0. The zero-order valence-electron chi connectivity index (χ0n) is 8.46. The summed E-state index contributed by atoms with van der Waals surface area (Å²) in [5.41, 5.74) is 2.92. The SMILES string of the molecule is C#CCC(NN)c1ccc(OC)cc1F. The minimum absolute atomic E-state index is 0.333. The molecule has 0 saturated heterocycles. The van der Waals surface area contributed by atoms with Crippen LogP contribution in [0.3, 0.4) is 0 Å². The van der Waals surface area contributed by atoms with Gasteiger partial charge in [-0.05, 0) is 6.07 Å². The Morgan fingerprint density at radius 1 is 1.67 bits per heavy atom. The van der Waals surface area contributed by atoms with E-state index < -0.39 is 0 Å². The van der Waals surface area contributed by atoms with E-state index in [4.69, 9.17) is 17.0 Å². The number of hydrogen-bond acceptors (Lipinski definition) is 3. The monoisotopic (exact) mass is 208 g/mol. The molecule has 0 fully saturated rings. The molecule has 0 aromatic heterocycles. The molecule has 80 valence electrons. The molecule has 0 heterocycles. The maximum Gasteiger partial charge on any atom is 0.131 e. The third-order valence-corrected chi connectivity index (χ3v) is 2.11. The van der Waals surface area contributed by atoms with E-state index in [-0.39, 0.29) is 11.9 Å². The Morgan fingerprint density at radius 3 is 2.87 bits per heavy atom. The third kappa shape index (κ3) is 2.69. The van der Waals surface area contributed by atoms with Gasteiger partial charge in [-0.1, -0.05) is 6.07 Å². The third-order valence-electron chi connectivity index (χ3n) is 2.11. The zero-order valence-corrected chi connectivity index (χ0v) is 8.46. The highest BCUT2D eigenvalue weighted by Crippen LogP contribution is 2.23. The first-order valence-electron chi connectivity index (χ1n) is 4.46. The molecule has 0 amide bonds. The van der Waals surface area contributed by atoms with E-state index >= 15 is 0 Å². The Labute approximate surface area is 88.4 Å². The highest BCUT2D eigenvalue weighted by Gasteiger charge is 2.13. The Balaban J connectivity index is 2.98. The molecule has 3 N–H and O–H groups in total. The van der Waals surface area contributed by atoms with E-state index in [0.29, 0.717) is 17.7 Å². The van der Waals surface area contributed by atoms with Gasteiger partial charge in [0.25, 0.3) is 0 Å². The predicted octanol–water partition coefficient (Wildman–Crippen LogP) is 1.36. The van der Waals surface area contributed by atoms with Crippen molar-refractivity contribution < 1.29 is 9.13 Å². The van der Waals surface area contributed by atoms with Gasteiger partial charge in [0.1, 0.15) is 11.6 Å². The van der Waals surface area contributed by atoms with Crippen LogP contribution in [-0.2, 0) is 0 Å². The fourth-order valence-corrected chi connectivity index (χ4v) is 1.29. The summed E-state index contributed by atoms with van der Waals surface area (Å²) < 4.78 is 18.4. The van der Waals surface area contributed by atoms with Crippen molar-refractivity contribution >= 4 is 0 Å². The molecule has 1 aromatic rings. The van der Waals surface area contributed by atoms with Crippen LogP contribution in [-0.4, -0.2) is 7.11 Å². The van der Waals surface area contributed by atoms with E-state index in [0.717, 1.165) is 0 Å². The molecule has 0 saturated carbocycles. The minimum Gasteiger partial charge on any atom is -0.497 e. The quantitative estimate of drug-likeness (QED) is 0.446. The van der Waals surface area contributed by atoms with Crippen molar-refractivity contribution in [1.29, 1.82) is 0 Å². The lowest BCUT2D eigenvalue weighted by molar-refractivity contribution is 0.409. The van der Waals surface area contributed by atoms with Gasteiger partial charge >= 0.3 is 0 Å². The number of nitrogens with one attached hydrogen (secondary N) is 1. The van der Waals surface area contributed by atoms with Crippen LogP contribution in [0.2, 0.25) is 0 Å². The Kier molecular flexibility index (Phi) is 4.10. The number of nitrogens with two attached hydrogens (primary N) is 1. The van der Waals surface area contributed by atoms with E-state index in [1.807, 2.05) is 0 Å².